The van der Waals surface area contributed by atoms with Gasteiger partial charge < -0.3 is 10.6 Å². The monoisotopic (exact) mass is 370 g/mol. The first-order chi connectivity index (χ1) is 12.6. The predicted octanol–water partition coefficient (Wildman–Crippen LogP) is 3.99. The van der Waals surface area contributed by atoms with Gasteiger partial charge in [0.05, 0.1) is 0 Å². The lowest BCUT2D eigenvalue weighted by Gasteiger charge is -2.08. The second kappa shape index (κ2) is 8.40. The Kier molecular flexibility index (Phi) is 5.76. The van der Waals surface area contributed by atoms with Crippen molar-refractivity contribution in [1.82, 2.24) is 15.3 Å². The number of aromatic nitrogens is 2. The topological polar surface area (TPSA) is 66.9 Å². The Morgan fingerprint density at radius 3 is 2.69 bits per heavy atom. The van der Waals surface area contributed by atoms with Gasteiger partial charge in [-0.1, -0.05) is 29.8 Å². The molecule has 0 aliphatic heterocycles. The third-order valence-corrected chi connectivity index (χ3v) is 3.83. The average Bonchev–Trinajstić information content (AvgIpc) is 2.63. The molecule has 0 spiro atoms. The van der Waals surface area contributed by atoms with Crippen LogP contribution in [0.5, 0.6) is 0 Å². The Bertz CT molecular complexity index is 902. The standard InChI is InChI=1S/C19H16ClFN4O/c20-14-6-4-13(5-7-14)8-10-22-18(26)17-9-11-23-19(25-17)24-16-3-1-2-15(21)12-16/h1-7,9,11-12H,8,10H2,(H,22,26)(H,23,24,25). The molecule has 0 saturated carbocycles. The highest BCUT2D eigenvalue weighted by Crippen LogP contribution is 2.14. The van der Waals surface area contributed by atoms with Crippen molar-refractivity contribution in [3.63, 3.8) is 0 Å². The van der Waals surface area contributed by atoms with Crippen LogP contribution in [0.3, 0.4) is 0 Å². The number of anilines is 2. The van der Waals surface area contributed by atoms with Crippen LogP contribution in [0.4, 0.5) is 16.0 Å². The first kappa shape index (κ1) is 17.8. The van der Waals surface area contributed by atoms with E-state index in [0.717, 1.165) is 5.56 Å². The SMILES string of the molecule is O=C(NCCc1ccc(Cl)cc1)c1ccnc(Nc2cccc(F)c2)n1. The molecule has 0 aliphatic rings. The quantitative estimate of drug-likeness (QED) is 0.688. The van der Waals surface area contributed by atoms with Crippen LogP contribution in [0.1, 0.15) is 16.1 Å². The zero-order chi connectivity index (χ0) is 18.4. The fourth-order valence-electron chi connectivity index (χ4n) is 2.30. The number of benzene rings is 2. The number of halogens is 2. The molecule has 5 nitrogen and oxygen atoms in total. The van der Waals surface area contributed by atoms with Gasteiger partial charge in [-0.3, -0.25) is 4.79 Å². The minimum atomic E-state index is -0.369. The van der Waals surface area contributed by atoms with Gasteiger partial charge in [-0.2, -0.15) is 0 Å². The van der Waals surface area contributed by atoms with Crippen LogP contribution in [0.25, 0.3) is 0 Å². The van der Waals surface area contributed by atoms with Gasteiger partial charge in [0.1, 0.15) is 11.5 Å². The molecule has 26 heavy (non-hydrogen) atoms. The van der Waals surface area contributed by atoms with E-state index in [4.69, 9.17) is 11.6 Å². The van der Waals surface area contributed by atoms with Crippen molar-refractivity contribution < 1.29 is 9.18 Å². The summed E-state index contributed by atoms with van der Waals surface area (Å²) in [5, 5.41) is 6.36. The van der Waals surface area contributed by atoms with Crippen LogP contribution < -0.4 is 10.6 Å². The molecule has 1 heterocycles. The Hall–Kier alpha value is -2.99. The maximum atomic E-state index is 13.2. The summed E-state index contributed by atoms with van der Waals surface area (Å²) in [5.74, 6) is -0.448. The molecule has 132 valence electrons. The number of carbonyl (C=O) groups is 1. The molecule has 0 atom stereocenters. The van der Waals surface area contributed by atoms with Gasteiger partial charge in [-0.05, 0) is 48.4 Å². The predicted molar refractivity (Wildman–Crippen MR) is 99.2 cm³/mol. The van der Waals surface area contributed by atoms with Crippen LogP contribution in [0.15, 0.2) is 60.8 Å². The highest BCUT2D eigenvalue weighted by Gasteiger charge is 2.09. The summed E-state index contributed by atoms with van der Waals surface area (Å²) >= 11 is 5.85. The first-order valence-electron chi connectivity index (χ1n) is 7.98. The molecule has 3 rings (SSSR count). The van der Waals surface area contributed by atoms with E-state index < -0.39 is 0 Å². The highest BCUT2D eigenvalue weighted by atomic mass is 35.5. The third-order valence-electron chi connectivity index (χ3n) is 3.58. The smallest absolute Gasteiger partial charge is 0.270 e. The summed E-state index contributed by atoms with van der Waals surface area (Å²) < 4.78 is 13.2. The largest absolute Gasteiger partial charge is 0.350 e. The zero-order valence-corrected chi connectivity index (χ0v) is 14.5. The van der Waals surface area contributed by atoms with E-state index in [9.17, 15) is 9.18 Å². The molecule has 2 N–H and O–H groups in total. The van der Waals surface area contributed by atoms with Crippen molar-refractivity contribution >= 4 is 29.1 Å². The third kappa shape index (κ3) is 5.00. The molecular formula is C19H16ClFN4O. The Morgan fingerprint density at radius 1 is 1.12 bits per heavy atom. The van der Waals surface area contributed by atoms with Crippen LogP contribution in [0, 0.1) is 5.82 Å². The van der Waals surface area contributed by atoms with E-state index in [0.29, 0.717) is 23.7 Å². The van der Waals surface area contributed by atoms with Crippen molar-refractivity contribution in [2.45, 2.75) is 6.42 Å². The number of amides is 1. The van der Waals surface area contributed by atoms with Gasteiger partial charge >= 0.3 is 0 Å². The van der Waals surface area contributed by atoms with Gasteiger partial charge in [0.15, 0.2) is 0 Å². The Morgan fingerprint density at radius 2 is 1.92 bits per heavy atom. The number of carbonyl (C=O) groups excluding carboxylic acids is 1. The number of rotatable bonds is 6. The second-order valence-electron chi connectivity index (χ2n) is 5.53. The van der Waals surface area contributed by atoms with Crippen LogP contribution in [-0.4, -0.2) is 22.4 Å². The number of nitrogens with one attached hydrogen (secondary N) is 2. The van der Waals surface area contributed by atoms with Crippen molar-refractivity contribution in [3.8, 4) is 0 Å². The van der Waals surface area contributed by atoms with Crippen LogP contribution in [-0.2, 0) is 6.42 Å². The fraction of sp³-hybridized carbons (Fsp3) is 0.105. The lowest BCUT2D eigenvalue weighted by atomic mass is 10.1. The molecule has 0 radical (unpaired) electrons. The summed E-state index contributed by atoms with van der Waals surface area (Å²) in [6.45, 7) is 0.469. The number of hydrogen-bond donors (Lipinski definition) is 2. The van der Waals surface area contributed by atoms with Gasteiger partial charge in [0.25, 0.3) is 5.91 Å². The molecule has 0 bridgehead atoms. The van der Waals surface area contributed by atoms with Crippen molar-refractivity contribution in [3.05, 3.63) is 82.9 Å². The normalized spacial score (nSPS) is 10.4. The molecule has 0 unspecified atom stereocenters. The highest BCUT2D eigenvalue weighted by molar-refractivity contribution is 6.30. The lowest BCUT2D eigenvalue weighted by molar-refractivity contribution is 0.0949. The molecule has 3 aromatic rings. The summed E-state index contributed by atoms with van der Waals surface area (Å²) in [6, 6.07) is 14.9. The van der Waals surface area contributed by atoms with E-state index in [1.807, 2.05) is 24.3 Å². The lowest BCUT2D eigenvalue weighted by Crippen LogP contribution is -2.26. The molecule has 1 amide bonds. The molecule has 2 aromatic carbocycles. The molecule has 0 saturated heterocycles. The van der Waals surface area contributed by atoms with E-state index in [-0.39, 0.29) is 23.4 Å². The van der Waals surface area contributed by atoms with E-state index >= 15 is 0 Å². The number of nitrogens with zero attached hydrogens (tertiary/aromatic N) is 2. The summed E-state index contributed by atoms with van der Waals surface area (Å²) in [6.07, 6.45) is 2.16. The minimum absolute atomic E-state index is 0.223. The van der Waals surface area contributed by atoms with Crippen molar-refractivity contribution in [1.29, 1.82) is 0 Å². The first-order valence-corrected chi connectivity index (χ1v) is 8.36. The maximum absolute atomic E-state index is 13.2. The summed E-state index contributed by atoms with van der Waals surface area (Å²) in [5.41, 5.74) is 1.81. The minimum Gasteiger partial charge on any atom is -0.350 e. The van der Waals surface area contributed by atoms with Crippen molar-refractivity contribution in [2.75, 3.05) is 11.9 Å². The molecule has 0 fully saturated rings. The maximum Gasteiger partial charge on any atom is 0.270 e. The summed E-state index contributed by atoms with van der Waals surface area (Å²) in [4.78, 5) is 20.4. The van der Waals surface area contributed by atoms with Crippen molar-refractivity contribution in [2.24, 2.45) is 0 Å². The van der Waals surface area contributed by atoms with Crippen LogP contribution >= 0.6 is 11.6 Å². The van der Waals surface area contributed by atoms with Gasteiger partial charge in [0, 0.05) is 23.5 Å². The molecular weight excluding hydrogens is 355 g/mol. The van der Waals surface area contributed by atoms with E-state index in [1.54, 1.807) is 12.1 Å². The van der Waals surface area contributed by atoms with Crippen LogP contribution in [0.2, 0.25) is 5.02 Å². The average molecular weight is 371 g/mol. The van der Waals surface area contributed by atoms with E-state index in [1.165, 1.54) is 24.4 Å². The van der Waals surface area contributed by atoms with Gasteiger partial charge in [0.2, 0.25) is 5.95 Å². The van der Waals surface area contributed by atoms with Gasteiger partial charge in [-0.25, -0.2) is 14.4 Å². The molecule has 0 aliphatic carbocycles. The zero-order valence-electron chi connectivity index (χ0n) is 13.7. The second-order valence-corrected chi connectivity index (χ2v) is 5.97. The molecule has 7 heteroatoms. The summed E-state index contributed by atoms with van der Waals surface area (Å²) in [7, 11) is 0. The Balaban J connectivity index is 1.58. The Labute approximate surface area is 155 Å². The number of hydrogen-bond acceptors (Lipinski definition) is 4. The molecule has 1 aromatic heterocycles. The van der Waals surface area contributed by atoms with E-state index in [2.05, 4.69) is 20.6 Å². The fourth-order valence-corrected chi connectivity index (χ4v) is 2.43. The van der Waals surface area contributed by atoms with Gasteiger partial charge in [-0.15, -0.1) is 0 Å².